The van der Waals surface area contributed by atoms with Crippen LogP contribution >= 0.6 is 11.3 Å². The van der Waals surface area contributed by atoms with Gasteiger partial charge in [0.1, 0.15) is 5.01 Å². The fraction of sp³-hybridized carbons (Fsp3) is 0.304. The van der Waals surface area contributed by atoms with Crippen LogP contribution < -0.4 is 5.32 Å². The van der Waals surface area contributed by atoms with Gasteiger partial charge in [-0.1, -0.05) is 54.6 Å². The lowest BCUT2D eigenvalue weighted by molar-refractivity contribution is -0.123. The third-order valence-electron chi connectivity index (χ3n) is 5.29. The van der Waals surface area contributed by atoms with E-state index < -0.39 is 0 Å². The van der Waals surface area contributed by atoms with Gasteiger partial charge >= 0.3 is 0 Å². The van der Waals surface area contributed by atoms with Crippen LogP contribution in [0.25, 0.3) is 10.6 Å². The topological polar surface area (TPSA) is 42.0 Å². The molecule has 138 valence electrons. The number of rotatable bonds is 4. The van der Waals surface area contributed by atoms with E-state index in [4.69, 9.17) is 4.98 Å². The molecular weight excluding hydrogens is 352 g/mol. The van der Waals surface area contributed by atoms with Gasteiger partial charge in [0.15, 0.2) is 0 Å². The molecule has 1 N–H and O–H groups in total. The van der Waals surface area contributed by atoms with E-state index in [0.717, 1.165) is 40.4 Å². The lowest BCUT2D eigenvalue weighted by Crippen LogP contribution is -2.33. The predicted octanol–water partition coefficient (Wildman–Crippen LogP) is 5.42. The van der Waals surface area contributed by atoms with Crippen LogP contribution in [0.4, 0.5) is 0 Å². The molecule has 27 heavy (non-hydrogen) atoms. The second-order valence-corrected chi connectivity index (χ2v) is 8.24. The second kappa shape index (κ2) is 7.65. The monoisotopic (exact) mass is 376 g/mol. The summed E-state index contributed by atoms with van der Waals surface area (Å²) in [5.41, 5.74) is 4.63. The molecule has 2 atom stereocenters. The van der Waals surface area contributed by atoms with Crippen molar-refractivity contribution in [2.75, 3.05) is 0 Å². The third kappa shape index (κ3) is 3.67. The minimum atomic E-state index is -0.0424. The summed E-state index contributed by atoms with van der Waals surface area (Å²) >= 11 is 1.67. The number of aryl methyl sites for hydroxylation is 2. The van der Waals surface area contributed by atoms with Gasteiger partial charge < -0.3 is 5.32 Å². The molecule has 4 rings (SSSR count). The Balaban J connectivity index is 1.52. The highest BCUT2D eigenvalue weighted by atomic mass is 32.1. The quantitative estimate of drug-likeness (QED) is 0.661. The molecule has 1 aliphatic carbocycles. The molecule has 1 amide bonds. The maximum Gasteiger partial charge on any atom is 0.228 e. The summed E-state index contributed by atoms with van der Waals surface area (Å²) < 4.78 is 0. The molecule has 4 heteroatoms. The van der Waals surface area contributed by atoms with Crippen LogP contribution in [-0.2, 0) is 11.2 Å². The van der Waals surface area contributed by atoms with Gasteiger partial charge in [0.2, 0.25) is 5.91 Å². The van der Waals surface area contributed by atoms with Crippen molar-refractivity contribution in [3.63, 3.8) is 0 Å². The molecule has 0 bridgehead atoms. The maximum absolute atomic E-state index is 13.0. The molecule has 2 aromatic carbocycles. The number of aromatic nitrogens is 1. The van der Waals surface area contributed by atoms with E-state index in [1.807, 2.05) is 31.2 Å². The molecule has 1 heterocycles. The molecule has 0 radical (unpaired) electrons. The zero-order chi connectivity index (χ0) is 18.8. The standard InChI is InChI=1S/C23H24N2OS/c1-15(21-16(2)25-23(27-21)18-10-4-3-5-11-18)24-22(26)20-14-8-12-17-9-6-7-13-19(17)20/h3-7,9-11,13,15,20H,8,12,14H2,1-2H3,(H,24,26). The smallest absolute Gasteiger partial charge is 0.228 e. The Hall–Kier alpha value is -2.46. The summed E-state index contributed by atoms with van der Waals surface area (Å²) in [6, 6.07) is 18.5. The lowest BCUT2D eigenvalue weighted by Gasteiger charge is -2.26. The number of benzene rings is 2. The second-order valence-electron chi connectivity index (χ2n) is 7.21. The predicted molar refractivity (Wildman–Crippen MR) is 111 cm³/mol. The highest BCUT2D eigenvalue weighted by Crippen LogP contribution is 2.34. The number of hydrogen-bond donors (Lipinski definition) is 1. The number of thiazole rings is 1. The average Bonchev–Trinajstić information content (AvgIpc) is 3.10. The molecule has 3 aromatic rings. The number of nitrogens with one attached hydrogen (secondary N) is 1. The van der Waals surface area contributed by atoms with E-state index in [-0.39, 0.29) is 17.9 Å². The van der Waals surface area contributed by atoms with E-state index >= 15 is 0 Å². The number of fused-ring (bicyclic) bond motifs is 1. The largest absolute Gasteiger partial charge is 0.348 e. The molecule has 0 aliphatic heterocycles. The van der Waals surface area contributed by atoms with Crippen LogP contribution in [0.5, 0.6) is 0 Å². The summed E-state index contributed by atoms with van der Waals surface area (Å²) in [6.45, 7) is 4.08. The van der Waals surface area contributed by atoms with Crippen molar-refractivity contribution in [1.82, 2.24) is 10.3 Å². The first kappa shape index (κ1) is 17.9. The molecule has 1 aromatic heterocycles. The van der Waals surface area contributed by atoms with Crippen LogP contribution in [-0.4, -0.2) is 10.9 Å². The van der Waals surface area contributed by atoms with Crippen molar-refractivity contribution in [3.05, 3.63) is 76.3 Å². The zero-order valence-corrected chi connectivity index (χ0v) is 16.6. The first-order chi connectivity index (χ1) is 13.1. The van der Waals surface area contributed by atoms with Gasteiger partial charge in [0.25, 0.3) is 0 Å². The summed E-state index contributed by atoms with van der Waals surface area (Å²) in [6.07, 6.45) is 3.07. The zero-order valence-electron chi connectivity index (χ0n) is 15.7. The number of nitrogens with zero attached hydrogens (tertiary/aromatic N) is 1. The number of carbonyl (C=O) groups is 1. The van der Waals surface area contributed by atoms with Crippen molar-refractivity contribution < 1.29 is 4.79 Å². The molecular formula is C23H24N2OS. The molecule has 0 saturated carbocycles. The van der Waals surface area contributed by atoms with E-state index in [1.54, 1.807) is 11.3 Å². The lowest BCUT2D eigenvalue weighted by atomic mass is 9.82. The molecule has 3 nitrogen and oxygen atoms in total. The molecule has 0 spiro atoms. The van der Waals surface area contributed by atoms with Crippen molar-refractivity contribution in [3.8, 4) is 10.6 Å². The minimum Gasteiger partial charge on any atom is -0.348 e. The van der Waals surface area contributed by atoms with Crippen LogP contribution in [0.15, 0.2) is 54.6 Å². The summed E-state index contributed by atoms with van der Waals surface area (Å²) in [5.74, 6) is 0.0860. The van der Waals surface area contributed by atoms with Crippen LogP contribution in [0.2, 0.25) is 0 Å². The Morgan fingerprint density at radius 2 is 1.89 bits per heavy atom. The van der Waals surface area contributed by atoms with E-state index in [0.29, 0.717) is 0 Å². The minimum absolute atomic E-state index is 0.0402. The summed E-state index contributed by atoms with van der Waals surface area (Å²) in [4.78, 5) is 18.9. The van der Waals surface area contributed by atoms with Crippen molar-refractivity contribution in [2.45, 2.75) is 45.1 Å². The van der Waals surface area contributed by atoms with Gasteiger partial charge in [-0.3, -0.25) is 4.79 Å². The van der Waals surface area contributed by atoms with E-state index in [9.17, 15) is 4.79 Å². The third-order valence-corrected chi connectivity index (χ3v) is 6.68. The van der Waals surface area contributed by atoms with Gasteiger partial charge in [0, 0.05) is 5.56 Å². The Bertz CT molecular complexity index is 948. The fourth-order valence-electron chi connectivity index (χ4n) is 3.92. The Morgan fingerprint density at radius 3 is 2.70 bits per heavy atom. The Labute approximate surface area is 164 Å². The molecule has 1 aliphatic rings. The Kier molecular flexibility index (Phi) is 5.08. The number of carbonyl (C=O) groups excluding carboxylic acids is 1. The van der Waals surface area contributed by atoms with Crippen LogP contribution in [0, 0.1) is 6.92 Å². The maximum atomic E-state index is 13.0. The molecule has 2 unspecified atom stereocenters. The SMILES string of the molecule is Cc1nc(-c2ccccc2)sc1C(C)NC(=O)C1CCCc2ccccc21. The normalized spacial score (nSPS) is 17.2. The van der Waals surface area contributed by atoms with E-state index in [1.165, 1.54) is 11.1 Å². The Morgan fingerprint density at radius 1 is 1.15 bits per heavy atom. The highest BCUT2D eigenvalue weighted by Gasteiger charge is 2.28. The average molecular weight is 377 g/mol. The number of hydrogen-bond acceptors (Lipinski definition) is 3. The first-order valence-corrected chi connectivity index (χ1v) is 10.4. The van der Waals surface area contributed by atoms with Gasteiger partial charge in [-0.15, -0.1) is 11.3 Å². The summed E-state index contributed by atoms with van der Waals surface area (Å²) in [7, 11) is 0. The van der Waals surface area contributed by atoms with Gasteiger partial charge in [0.05, 0.1) is 22.5 Å². The van der Waals surface area contributed by atoms with Crippen molar-refractivity contribution >= 4 is 17.2 Å². The van der Waals surface area contributed by atoms with Crippen molar-refractivity contribution in [1.29, 1.82) is 0 Å². The number of amides is 1. The summed E-state index contributed by atoms with van der Waals surface area (Å²) in [5, 5.41) is 4.25. The fourth-order valence-corrected chi connectivity index (χ4v) is 4.99. The van der Waals surface area contributed by atoms with Crippen molar-refractivity contribution in [2.24, 2.45) is 0 Å². The van der Waals surface area contributed by atoms with Gasteiger partial charge in [-0.05, 0) is 44.2 Å². The van der Waals surface area contributed by atoms with E-state index in [2.05, 4.69) is 42.6 Å². The molecule has 0 fully saturated rings. The molecule has 0 saturated heterocycles. The van der Waals surface area contributed by atoms with Gasteiger partial charge in [-0.25, -0.2) is 4.98 Å². The van der Waals surface area contributed by atoms with Gasteiger partial charge in [-0.2, -0.15) is 0 Å². The first-order valence-electron chi connectivity index (χ1n) is 9.54. The van der Waals surface area contributed by atoms with Crippen LogP contribution in [0.1, 0.15) is 53.4 Å². The van der Waals surface area contributed by atoms with Crippen LogP contribution in [0.3, 0.4) is 0 Å². The highest BCUT2D eigenvalue weighted by molar-refractivity contribution is 7.15.